The number of hydrogen-bond acceptors (Lipinski definition) is 3. The molecule has 0 amide bonds. The molecule has 0 bridgehead atoms. The van der Waals surface area contributed by atoms with E-state index >= 15 is 0 Å². The highest BCUT2D eigenvalue weighted by atomic mass is 32.1. The first-order chi connectivity index (χ1) is 4.47. The second kappa shape index (κ2) is 2.08. The number of aromatic nitrogens is 1. The van der Waals surface area contributed by atoms with Crippen LogP contribution in [0.4, 0.5) is 0 Å². The summed E-state index contributed by atoms with van der Waals surface area (Å²) in [6.45, 7) is 2.23. The summed E-state index contributed by atoms with van der Waals surface area (Å²) < 4.78 is 0. The Morgan fingerprint density at radius 3 is 3.00 bits per heavy atom. The predicted molar refractivity (Wildman–Crippen MR) is 37.7 cm³/mol. The molecular formula is C6H8N2S. The van der Waals surface area contributed by atoms with Gasteiger partial charge < -0.3 is 5.32 Å². The van der Waals surface area contributed by atoms with Crippen LogP contribution in [-0.2, 0) is 0 Å². The molecule has 1 aromatic heterocycles. The highest BCUT2D eigenvalue weighted by molar-refractivity contribution is 7.07. The van der Waals surface area contributed by atoms with Crippen molar-refractivity contribution in [3.63, 3.8) is 0 Å². The Bertz CT molecular complexity index is 179. The van der Waals surface area contributed by atoms with Crippen molar-refractivity contribution in [2.45, 2.75) is 5.92 Å². The van der Waals surface area contributed by atoms with E-state index in [2.05, 4.69) is 15.7 Å². The third kappa shape index (κ3) is 0.862. The van der Waals surface area contributed by atoms with Crippen LogP contribution in [0.2, 0.25) is 0 Å². The van der Waals surface area contributed by atoms with Crippen molar-refractivity contribution in [2.75, 3.05) is 13.1 Å². The molecule has 1 aromatic rings. The molecule has 3 heteroatoms. The van der Waals surface area contributed by atoms with Crippen LogP contribution < -0.4 is 5.32 Å². The van der Waals surface area contributed by atoms with Crippen LogP contribution in [0, 0.1) is 0 Å². The van der Waals surface area contributed by atoms with Crippen LogP contribution >= 0.6 is 11.3 Å². The van der Waals surface area contributed by atoms with Gasteiger partial charge in [-0.2, -0.15) is 0 Å². The van der Waals surface area contributed by atoms with Crippen LogP contribution in [0.3, 0.4) is 0 Å². The Labute approximate surface area is 57.9 Å². The van der Waals surface area contributed by atoms with E-state index in [1.807, 2.05) is 5.51 Å². The van der Waals surface area contributed by atoms with E-state index in [4.69, 9.17) is 0 Å². The van der Waals surface area contributed by atoms with Crippen molar-refractivity contribution < 1.29 is 0 Å². The molecule has 1 saturated heterocycles. The number of hydrogen-bond donors (Lipinski definition) is 1. The first-order valence-electron chi connectivity index (χ1n) is 3.05. The number of nitrogens with zero attached hydrogens (tertiary/aromatic N) is 1. The first-order valence-corrected chi connectivity index (χ1v) is 4.00. The average molecular weight is 140 g/mol. The lowest BCUT2D eigenvalue weighted by Crippen LogP contribution is -2.39. The van der Waals surface area contributed by atoms with Crippen molar-refractivity contribution in [2.24, 2.45) is 0 Å². The Morgan fingerprint density at radius 1 is 1.67 bits per heavy atom. The molecule has 0 radical (unpaired) electrons. The lowest BCUT2D eigenvalue weighted by Gasteiger charge is -2.24. The van der Waals surface area contributed by atoms with Crippen LogP contribution in [0.5, 0.6) is 0 Å². The van der Waals surface area contributed by atoms with Crippen molar-refractivity contribution in [1.82, 2.24) is 10.3 Å². The third-order valence-corrected chi connectivity index (χ3v) is 2.26. The SMILES string of the molecule is c1nc(C2CNC2)cs1. The zero-order chi connectivity index (χ0) is 6.10. The summed E-state index contributed by atoms with van der Waals surface area (Å²) in [6.07, 6.45) is 0. The summed E-state index contributed by atoms with van der Waals surface area (Å²) in [5.74, 6) is 0.705. The highest BCUT2D eigenvalue weighted by Crippen LogP contribution is 2.18. The van der Waals surface area contributed by atoms with Crippen molar-refractivity contribution in [3.05, 3.63) is 16.6 Å². The van der Waals surface area contributed by atoms with E-state index in [0.29, 0.717) is 5.92 Å². The minimum Gasteiger partial charge on any atom is -0.315 e. The molecular weight excluding hydrogens is 132 g/mol. The average Bonchev–Trinajstić information content (AvgIpc) is 2.11. The van der Waals surface area contributed by atoms with E-state index in [0.717, 1.165) is 13.1 Å². The largest absolute Gasteiger partial charge is 0.315 e. The van der Waals surface area contributed by atoms with Gasteiger partial charge in [0.05, 0.1) is 11.2 Å². The van der Waals surface area contributed by atoms with Gasteiger partial charge in [0.15, 0.2) is 0 Å². The maximum Gasteiger partial charge on any atom is 0.0794 e. The van der Waals surface area contributed by atoms with Crippen molar-refractivity contribution >= 4 is 11.3 Å². The van der Waals surface area contributed by atoms with Gasteiger partial charge in [-0.1, -0.05) is 0 Å². The van der Waals surface area contributed by atoms with E-state index < -0.39 is 0 Å². The second-order valence-corrected chi connectivity index (χ2v) is 2.99. The molecule has 0 spiro atoms. The Morgan fingerprint density at radius 2 is 2.56 bits per heavy atom. The predicted octanol–water partition coefficient (Wildman–Crippen LogP) is 0.830. The van der Waals surface area contributed by atoms with E-state index in [9.17, 15) is 0 Å². The van der Waals surface area contributed by atoms with Gasteiger partial charge in [-0.05, 0) is 0 Å². The molecule has 9 heavy (non-hydrogen) atoms. The van der Waals surface area contributed by atoms with E-state index in [1.54, 1.807) is 11.3 Å². The number of thiazole rings is 1. The summed E-state index contributed by atoms with van der Waals surface area (Å²) in [5, 5.41) is 5.34. The molecule has 2 heterocycles. The maximum absolute atomic E-state index is 4.22. The second-order valence-electron chi connectivity index (χ2n) is 2.27. The Hall–Kier alpha value is -0.410. The van der Waals surface area contributed by atoms with Gasteiger partial charge in [-0.3, -0.25) is 0 Å². The molecule has 1 aliphatic rings. The number of rotatable bonds is 1. The van der Waals surface area contributed by atoms with Gasteiger partial charge in [0, 0.05) is 24.4 Å². The lowest BCUT2D eigenvalue weighted by molar-refractivity contribution is 0.441. The van der Waals surface area contributed by atoms with Crippen LogP contribution in [0.15, 0.2) is 10.9 Å². The quantitative estimate of drug-likeness (QED) is 0.625. The minimum atomic E-state index is 0.705. The fraction of sp³-hybridized carbons (Fsp3) is 0.500. The summed E-state index contributed by atoms with van der Waals surface area (Å²) in [7, 11) is 0. The molecule has 0 saturated carbocycles. The smallest absolute Gasteiger partial charge is 0.0794 e. The molecule has 0 unspecified atom stereocenters. The molecule has 0 atom stereocenters. The Kier molecular flexibility index (Phi) is 1.24. The molecule has 2 nitrogen and oxygen atoms in total. The van der Waals surface area contributed by atoms with E-state index in [-0.39, 0.29) is 0 Å². The monoisotopic (exact) mass is 140 g/mol. The van der Waals surface area contributed by atoms with Gasteiger partial charge in [-0.25, -0.2) is 4.98 Å². The normalized spacial score (nSPS) is 19.6. The van der Waals surface area contributed by atoms with Gasteiger partial charge in [0.1, 0.15) is 0 Å². The Balaban J connectivity index is 2.14. The molecule has 1 aliphatic heterocycles. The van der Waals surface area contributed by atoms with Crippen LogP contribution in [0.1, 0.15) is 11.6 Å². The van der Waals surface area contributed by atoms with Gasteiger partial charge in [0.25, 0.3) is 0 Å². The van der Waals surface area contributed by atoms with Crippen LogP contribution in [0.25, 0.3) is 0 Å². The molecule has 0 aliphatic carbocycles. The summed E-state index contributed by atoms with van der Waals surface area (Å²) in [5.41, 5.74) is 3.16. The topological polar surface area (TPSA) is 24.9 Å². The zero-order valence-electron chi connectivity index (χ0n) is 5.00. The van der Waals surface area contributed by atoms with Crippen molar-refractivity contribution in [1.29, 1.82) is 0 Å². The maximum atomic E-state index is 4.22. The zero-order valence-corrected chi connectivity index (χ0v) is 5.82. The van der Waals surface area contributed by atoms with Gasteiger partial charge in [-0.15, -0.1) is 11.3 Å². The van der Waals surface area contributed by atoms with Gasteiger partial charge >= 0.3 is 0 Å². The van der Waals surface area contributed by atoms with Crippen molar-refractivity contribution in [3.8, 4) is 0 Å². The van der Waals surface area contributed by atoms with Crippen LogP contribution in [-0.4, -0.2) is 18.1 Å². The molecule has 1 N–H and O–H groups in total. The molecule has 1 fully saturated rings. The fourth-order valence-electron chi connectivity index (χ4n) is 0.921. The standard InChI is InChI=1S/C6H8N2S/c1-5(2-7-1)6-3-9-4-8-6/h3-5,7H,1-2H2. The third-order valence-electron chi connectivity index (χ3n) is 1.65. The molecule has 2 rings (SSSR count). The first kappa shape index (κ1) is 5.38. The lowest BCUT2D eigenvalue weighted by atomic mass is 10.0. The van der Waals surface area contributed by atoms with Gasteiger partial charge in [0.2, 0.25) is 0 Å². The summed E-state index contributed by atoms with van der Waals surface area (Å²) in [6, 6.07) is 0. The fourth-order valence-corrected chi connectivity index (χ4v) is 1.56. The minimum absolute atomic E-state index is 0.705. The molecule has 48 valence electrons. The highest BCUT2D eigenvalue weighted by Gasteiger charge is 2.19. The summed E-state index contributed by atoms with van der Waals surface area (Å²) >= 11 is 1.68. The number of nitrogens with one attached hydrogen (secondary N) is 1. The van der Waals surface area contributed by atoms with E-state index in [1.165, 1.54) is 5.69 Å². The summed E-state index contributed by atoms with van der Waals surface area (Å²) in [4.78, 5) is 4.22. The molecule has 0 aromatic carbocycles.